The minimum Gasteiger partial charge on any atom is -0.334 e. The Morgan fingerprint density at radius 3 is 3.07 bits per heavy atom. The van der Waals surface area contributed by atoms with Crippen molar-refractivity contribution in [2.45, 2.75) is 25.8 Å². The molecule has 1 aliphatic heterocycles. The van der Waals surface area contributed by atoms with E-state index in [9.17, 15) is 4.79 Å². The highest BCUT2D eigenvalue weighted by atomic mass is 16.2. The Labute approximate surface area is 87.9 Å². The second-order valence-electron chi connectivity index (χ2n) is 3.76. The van der Waals surface area contributed by atoms with Crippen molar-refractivity contribution in [3.63, 3.8) is 0 Å². The third-order valence-electron chi connectivity index (χ3n) is 2.57. The van der Waals surface area contributed by atoms with Gasteiger partial charge in [0.2, 0.25) is 5.82 Å². The molecule has 1 atom stereocenters. The number of aromatic amines is 1. The Bertz CT molecular complexity index is 361. The van der Waals surface area contributed by atoms with Crippen molar-refractivity contribution in [1.82, 2.24) is 20.1 Å². The number of aromatic nitrogens is 3. The van der Waals surface area contributed by atoms with Crippen LogP contribution in [0.25, 0.3) is 0 Å². The van der Waals surface area contributed by atoms with Crippen LogP contribution in [0.5, 0.6) is 0 Å². The summed E-state index contributed by atoms with van der Waals surface area (Å²) in [6, 6.07) is 0.0959. The van der Waals surface area contributed by atoms with Crippen molar-refractivity contribution in [2.24, 2.45) is 5.73 Å². The Morgan fingerprint density at radius 2 is 2.53 bits per heavy atom. The molecule has 1 aromatic rings. The standard InChI is InChI=1S/C9H15N5O/c1-2-7-11-8(13-12-7)9(15)14-4-3-6(10)5-14/h6H,2-5,10H2,1H3,(H,11,12,13)/t6-/m1/s1. The minimum absolute atomic E-state index is 0.0959. The lowest BCUT2D eigenvalue weighted by Crippen LogP contribution is -2.32. The summed E-state index contributed by atoms with van der Waals surface area (Å²) in [6.45, 7) is 3.27. The average Bonchev–Trinajstić information content (AvgIpc) is 2.84. The van der Waals surface area contributed by atoms with E-state index in [0.29, 0.717) is 13.1 Å². The molecule has 6 heteroatoms. The van der Waals surface area contributed by atoms with Gasteiger partial charge in [-0.3, -0.25) is 9.89 Å². The van der Waals surface area contributed by atoms with Gasteiger partial charge in [-0.05, 0) is 6.42 Å². The van der Waals surface area contributed by atoms with Crippen LogP contribution in [0.4, 0.5) is 0 Å². The van der Waals surface area contributed by atoms with E-state index in [1.165, 1.54) is 0 Å². The van der Waals surface area contributed by atoms with E-state index in [1.54, 1.807) is 4.90 Å². The van der Waals surface area contributed by atoms with E-state index in [-0.39, 0.29) is 17.8 Å². The van der Waals surface area contributed by atoms with E-state index in [1.807, 2.05) is 6.92 Å². The lowest BCUT2D eigenvalue weighted by atomic mass is 10.3. The van der Waals surface area contributed by atoms with Crippen molar-refractivity contribution < 1.29 is 4.79 Å². The molecule has 0 radical (unpaired) electrons. The van der Waals surface area contributed by atoms with Gasteiger partial charge in [-0.15, -0.1) is 5.10 Å². The fourth-order valence-corrected chi connectivity index (χ4v) is 1.66. The molecule has 0 aromatic carbocycles. The fourth-order valence-electron chi connectivity index (χ4n) is 1.66. The van der Waals surface area contributed by atoms with Gasteiger partial charge in [-0.2, -0.15) is 0 Å². The number of nitrogens with zero attached hydrogens (tertiary/aromatic N) is 3. The molecule has 15 heavy (non-hydrogen) atoms. The number of nitrogens with two attached hydrogens (primary N) is 1. The third-order valence-corrected chi connectivity index (χ3v) is 2.57. The van der Waals surface area contributed by atoms with Crippen LogP contribution < -0.4 is 5.73 Å². The van der Waals surface area contributed by atoms with Gasteiger partial charge in [0, 0.05) is 25.6 Å². The molecule has 1 aliphatic rings. The number of likely N-dealkylation sites (tertiary alicyclic amines) is 1. The molecule has 82 valence electrons. The molecule has 1 saturated heterocycles. The number of amides is 1. The summed E-state index contributed by atoms with van der Waals surface area (Å²) in [5, 5.41) is 6.62. The second-order valence-corrected chi connectivity index (χ2v) is 3.76. The molecule has 2 heterocycles. The zero-order valence-electron chi connectivity index (χ0n) is 8.73. The van der Waals surface area contributed by atoms with Gasteiger partial charge >= 0.3 is 0 Å². The van der Waals surface area contributed by atoms with E-state index in [4.69, 9.17) is 5.73 Å². The number of nitrogens with one attached hydrogen (secondary N) is 1. The summed E-state index contributed by atoms with van der Waals surface area (Å²) in [7, 11) is 0. The highest BCUT2D eigenvalue weighted by Crippen LogP contribution is 2.09. The summed E-state index contributed by atoms with van der Waals surface area (Å²) < 4.78 is 0. The quantitative estimate of drug-likeness (QED) is 0.690. The summed E-state index contributed by atoms with van der Waals surface area (Å²) in [4.78, 5) is 17.6. The molecule has 1 fully saturated rings. The predicted molar refractivity (Wildman–Crippen MR) is 54.3 cm³/mol. The number of hydrogen-bond acceptors (Lipinski definition) is 4. The normalized spacial score (nSPS) is 20.9. The van der Waals surface area contributed by atoms with Gasteiger partial charge in [-0.25, -0.2) is 4.98 Å². The largest absolute Gasteiger partial charge is 0.334 e. The average molecular weight is 209 g/mol. The first kappa shape index (κ1) is 10.1. The Hall–Kier alpha value is -1.43. The van der Waals surface area contributed by atoms with Crippen molar-refractivity contribution in [1.29, 1.82) is 0 Å². The van der Waals surface area contributed by atoms with E-state index in [2.05, 4.69) is 15.2 Å². The van der Waals surface area contributed by atoms with Crippen LogP contribution in [-0.4, -0.2) is 45.1 Å². The van der Waals surface area contributed by atoms with Crippen molar-refractivity contribution in [3.8, 4) is 0 Å². The molecule has 0 aliphatic carbocycles. The predicted octanol–water partition coefficient (Wildman–Crippen LogP) is -0.460. The SMILES string of the molecule is CCc1nc(C(=O)N2CC[C@@H](N)C2)n[nH]1. The molecule has 0 spiro atoms. The molecule has 2 rings (SSSR count). The van der Waals surface area contributed by atoms with Crippen LogP contribution in [0.3, 0.4) is 0 Å². The molecule has 0 bridgehead atoms. The van der Waals surface area contributed by atoms with Gasteiger partial charge in [0.1, 0.15) is 5.82 Å². The highest BCUT2D eigenvalue weighted by Gasteiger charge is 2.26. The molecule has 6 nitrogen and oxygen atoms in total. The smallest absolute Gasteiger partial charge is 0.293 e. The number of carbonyl (C=O) groups is 1. The summed E-state index contributed by atoms with van der Waals surface area (Å²) in [5.74, 6) is 0.863. The first-order valence-electron chi connectivity index (χ1n) is 5.17. The lowest BCUT2D eigenvalue weighted by Gasteiger charge is -2.12. The second kappa shape index (κ2) is 3.98. The van der Waals surface area contributed by atoms with Crippen molar-refractivity contribution in [3.05, 3.63) is 11.6 Å². The number of rotatable bonds is 2. The summed E-state index contributed by atoms with van der Waals surface area (Å²) in [6.07, 6.45) is 1.61. The van der Waals surface area contributed by atoms with E-state index < -0.39 is 0 Å². The maximum Gasteiger partial charge on any atom is 0.293 e. The van der Waals surface area contributed by atoms with Gasteiger partial charge < -0.3 is 10.6 Å². The summed E-state index contributed by atoms with van der Waals surface area (Å²) in [5.41, 5.74) is 5.73. The maximum atomic E-state index is 11.8. The van der Waals surface area contributed by atoms with Crippen LogP contribution in [0, 0.1) is 0 Å². The van der Waals surface area contributed by atoms with E-state index in [0.717, 1.165) is 18.7 Å². The van der Waals surface area contributed by atoms with E-state index >= 15 is 0 Å². The number of hydrogen-bond donors (Lipinski definition) is 2. The molecular weight excluding hydrogens is 194 g/mol. The molecule has 0 unspecified atom stereocenters. The Kier molecular flexibility index (Phi) is 2.68. The monoisotopic (exact) mass is 209 g/mol. The molecule has 1 amide bonds. The van der Waals surface area contributed by atoms with Gasteiger partial charge in [0.05, 0.1) is 0 Å². The molecular formula is C9H15N5O. The van der Waals surface area contributed by atoms with Gasteiger partial charge in [-0.1, -0.05) is 6.92 Å². The first-order valence-corrected chi connectivity index (χ1v) is 5.17. The zero-order valence-corrected chi connectivity index (χ0v) is 8.73. The molecule has 1 aromatic heterocycles. The van der Waals surface area contributed by atoms with Gasteiger partial charge in [0.15, 0.2) is 0 Å². The van der Waals surface area contributed by atoms with Crippen LogP contribution >= 0.6 is 0 Å². The highest BCUT2D eigenvalue weighted by molar-refractivity contribution is 5.90. The van der Waals surface area contributed by atoms with Crippen LogP contribution in [-0.2, 0) is 6.42 Å². The number of carbonyl (C=O) groups excluding carboxylic acids is 1. The van der Waals surface area contributed by atoms with Gasteiger partial charge in [0.25, 0.3) is 5.91 Å². The Morgan fingerprint density at radius 1 is 1.73 bits per heavy atom. The zero-order chi connectivity index (χ0) is 10.8. The first-order chi connectivity index (χ1) is 7.20. The number of aryl methyl sites for hydroxylation is 1. The van der Waals surface area contributed by atoms with Crippen molar-refractivity contribution in [2.75, 3.05) is 13.1 Å². The van der Waals surface area contributed by atoms with Crippen LogP contribution in [0.15, 0.2) is 0 Å². The Balaban J connectivity index is 2.07. The van der Waals surface area contributed by atoms with Crippen LogP contribution in [0.1, 0.15) is 29.8 Å². The third kappa shape index (κ3) is 1.99. The molecule has 0 saturated carbocycles. The topological polar surface area (TPSA) is 87.9 Å². The van der Waals surface area contributed by atoms with Crippen LogP contribution in [0.2, 0.25) is 0 Å². The van der Waals surface area contributed by atoms with Crippen molar-refractivity contribution >= 4 is 5.91 Å². The maximum absolute atomic E-state index is 11.8. The number of H-pyrrole nitrogens is 1. The minimum atomic E-state index is -0.126. The fraction of sp³-hybridized carbons (Fsp3) is 0.667. The lowest BCUT2D eigenvalue weighted by molar-refractivity contribution is 0.0779. The molecule has 3 N–H and O–H groups in total. The summed E-state index contributed by atoms with van der Waals surface area (Å²) >= 11 is 0.